The average Bonchev–Trinajstić information content (AvgIpc) is 2.46. The molecule has 2 rings (SSSR count). The molecule has 0 aliphatic heterocycles. The van der Waals surface area contributed by atoms with Crippen LogP contribution in [0.1, 0.15) is 23.6 Å². The Morgan fingerprint density at radius 3 is 2.24 bits per heavy atom. The number of hydrogen-bond donors (Lipinski definition) is 1. The number of hydrogen-bond acceptors (Lipinski definition) is 3. The molecule has 5 heteroatoms. The third-order valence-electron chi connectivity index (χ3n) is 3.20. The Balaban J connectivity index is 2.23. The van der Waals surface area contributed by atoms with Gasteiger partial charge in [-0.1, -0.05) is 42.0 Å². The van der Waals surface area contributed by atoms with E-state index in [2.05, 4.69) is 9.93 Å². The van der Waals surface area contributed by atoms with Gasteiger partial charge in [-0.25, -0.2) is 0 Å². The molecule has 1 N–H and O–H groups in total. The number of benzene rings is 2. The van der Waals surface area contributed by atoms with Crippen LogP contribution in [0.5, 0.6) is 0 Å². The van der Waals surface area contributed by atoms with Crippen molar-refractivity contribution >= 4 is 15.7 Å². The van der Waals surface area contributed by atoms with Crippen LogP contribution in [0, 0.1) is 13.8 Å². The Kier molecular flexibility index (Phi) is 4.43. The first-order chi connectivity index (χ1) is 9.90. The number of nitrogens with zero attached hydrogens (tertiary/aromatic N) is 1. The molecule has 0 fully saturated rings. The normalized spacial score (nSPS) is 12.2. The second-order valence-corrected chi connectivity index (χ2v) is 6.58. The lowest BCUT2D eigenvalue weighted by molar-refractivity contribution is 0.584. The third-order valence-corrected chi connectivity index (χ3v) is 4.42. The molecule has 0 amide bonds. The number of sulfonamides is 1. The van der Waals surface area contributed by atoms with Gasteiger partial charge in [0.15, 0.2) is 0 Å². The number of nitrogens with one attached hydrogen (secondary N) is 1. The van der Waals surface area contributed by atoms with E-state index >= 15 is 0 Å². The number of aryl methyl sites for hydroxylation is 2. The summed E-state index contributed by atoms with van der Waals surface area (Å²) in [4.78, 5) is 2.48. The molecule has 0 aromatic heterocycles. The molecule has 2 aromatic rings. The fourth-order valence-corrected chi connectivity index (χ4v) is 2.79. The van der Waals surface area contributed by atoms with E-state index in [1.807, 2.05) is 38.1 Å². The predicted octanol–water partition coefficient (Wildman–Crippen LogP) is 3.01. The van der Waals surface area contributed by atoms with E-state index in [1.54, 1.807) is 31.2 Å². The molecular weight excluding hydrogens is 284 g/mol. The smallest absolute Gasteiger partial charge is 0.200 e. The van der Waals surface area contributed by atoms with Crippen molar-refractivity contribution in [2.45, 2.75) is 25.7 Å². The molecule has 0 heterocycles. The van der Waals surface area contributed by atoms with Crippen LogP contribution in [0.25, 0.3) is 0 Å². The topological polar surface area (TPSA) is 58.5 Å². The molecule has 0 aliphatic carbocycles. The van der Waals surface area contributed by atoms with E-state index in [-0.39, 0.29) is 4.90 Å². The molecule has 0 spiro atoms. The lowest BCUT2D eigenvalue weighted by atomic mass is 10.1. The van der Waals surface area contributed by atoms with Gasteiger partial charge in [0, 0.05) is 5.56 Å². The second kappa shape index (κ2) is 6.10. The minimum absolute atomic E-state index is 0.203. The van der Waals surface area contributed by atoms with Crippen molar-refractivity contribution in [3.8, 4) is 0 Å². The fraction of sp³-hybridized carbons (Fsp3) is 0.188. The lowest BCUT2D eigenvalue weighted by Crippen LogP contribution is -2.20. The maximum absolute atomic E-state index is 12.1. The van der Waals surface area contributed by atoms with Gasteiger partial charge in [-0.15, -0.1) is 0 Å². The van der Waals surface area contributed by atoms with Crippen molar-refractivity contribution in [1.82, 2.24) is 4.83 Å². The lowest BCUT2D eigenvalue weighted by Gasteiger charge is -2.07. The quantitative estimate of drug-likeness (QED) is 0.697. The van der Waals surface area contributed by atoms with Crippen LogP contribution in [-0.4, -0.2) is 14.1 Å². The van der Waals surface area contributed by atoms with Crippen molar-refractivity contribution < 1.29 is 8.42 Å². The van der Waals surface area contributed by atoms with Crippen LogP contribution in [0.15, 0.2) is 58.5 Å². The highest BCUT2D eigenvalue weighted by molar-refractivity contribution is 7.89. The maximum Gasteiger partial charge on any atom is 0.276 e. The van der Waals surface area contributed by atoms with Gasteiger partial charge in [-0.2, -0.15) is 18.4 Å². The summed E-state index contributed by atoms with van der Waals surface area (Å²) in [5.41, 5.74) is 3.61. The summed E-state index contributed by atoms with van der Waals surface area (Å²) in [5.74, 6) is 0. The minimum atomic E-state index is -3.63. The Labute approximate surface area is 125 Å². The maximum atomic E-state index is 12.1. The summed E-state index contributed by atoms with van der Waals surface area (Å²) < 4.78 is 24.3. The van der Waals surface area contributed by atoms with Crippen LogP contribution in [-0.2, 0) is 10.0 Å². The van der Waals surface area contributed by atoms with Crippen molar-refractivity contribution in [3.63, 3.8) is 0 Å². The van der Waals surface area contributed by atoms with E-state index in [4.69, 9.17) is 0 Å². The van der Waals surface area contributed by atoms with E-state index in [0.717, 1.165) is 16.7 Å². The summed E-state index contributed by atoms with van der Waals surface area (Å²) >= 11 is 0. The minimum Gasteiger partial charge on any atom is -0.200 e. The first-order valence-corrected chi connectivity index (χ1v) is 8.07. The van der Waals surface area contributed by atoms with E-state index in [9.17, 15) is 8.42 Å². The number of hydrazone groups is 1. The average molecular weight is 302 g/mol. The third kappa shape index (κ3) is 3.70. The molecule has 0 saturated carbocycles. The summed E-state index contributed by atoms with van der Waals surface area (Å²) in [6, 6.07) is 14.3. The second-order valence-electron chi connectivity index (χ2n) is 4.92. The molecule has 21 heavy (non-hydrogen) atoms. The van der Waals surface area contributed by atoms with Crippen molar-refractivity contribution in [2.75, 3.05) is 0 Å². The molecule has 2 aromatic carbocycles. The molecule has 0 aliphatic rings. The highest BCUT2D eigenvalue weighted by Crippen LogP contribution is 2.11. The van der Waals surface area contributed by atoms with Crippen LogP contribution in [0.4, 0.5) is 0 Å². The standard InChI is InChI=1S/C16H18N2O2S/c1-12-8-10-15(11-9-12)21(19,20)18-17-14(3)16-7-5-4-6-13(16)2/h4-11,18H,1-3H3. The van der Waals surface area contributed by atoms with Crippen molar-refractivity contribution in [3.05, 3.63) is 65.2 Å². The number of rotatable bonds is 4. The highest BCUT2D eigenvalue weighted by Gasteiger charge is 2.12. The van der Waals surface area contributed by atoms with Gasteiger partial charge >= 0.3 is 0 Å². The van der Waals surface area contributed by atoms with E-state index in [0.29, 0.717) is 5.71 Å². The fourth-order valence-electron chi connectivity index (χ4n) is 1.94. The zero-order valence-electron chi connectivity index (χ0n) is 12.3. The van der Waals surface area contributed by atoms with Crippen LogP contribution >= 0.6 is 0 Å². The Morgan fingerprint density at radius 1 is 1.00 bits per heavy atom. The van der Waals surface area contributed by atoms with Gasteiger partial charge in [0.25, 0.3) is 10.0 Å². The summed E-state index contributed by atoms with van der Waals surface area (Å²) in [6.07, 6.45) is 0. The molecule has 0 unspecified atom stereocenters. The Morgan fingerprint density at radius 2 is 1.62 bits per heavy atom. The summed E-state index contributed by atoms with van der Waals surface area (Å²) in [7, 11) is -3.63. The zero-order valence-corrected chi connectivity index (χ0v) is 13.1. The van der Waals surface area contributed by atoms with Gasteiger partial charge < -0.3 is 0 Å². The molecular formula is C16H18N2O2S. The van der Waals surface area contributed by atoms with Crippen LogP contribution in [0.2, 0.25) is 0 Å². The molecule has 110 valence electrons. The van der Waals surface area contributed by atoms with Crippen LogP contribution in [0.3, 0.4) is 0 Å². The largest absolute Gasteiger partial charge is 0.276 e. The van der Waals surface area contributed by atoms with Gasteiger partial charge in [-0.05, 0) is 38.5 Å². The Hall–Kier alpha value is -2.14. The molecule has 0 atom stereocenters. The monoisotopic (exact) mass is 302 g/mol. The van der Waals surface area contributed by atoms with Crippen molar-refractivity contribution in [1.29, 1.82) is 0 Å². The highest BCUT2D eigenvalue weighted by atomic mass is 32.2. The first kappa shape index (κ1) is 15.3. The van der Waals surface area contributed by atoms with Gasteiger partial charge in [0.1, 0.15) is 0 Å². The van der Waals surface area contributed by atoms with Crippen LogP contribution < -0.4 is 4.83 Å². The molecule has 4 nitrogen and oxygen atoms in total. The zero-order chi connectivity index (χ0) is 15.5. The van der Waals surface area contributed by atoms with Gasteiger partial charge in [0.05, 0.1) is 10.6 Å². The van der Waals surface area contributed by atoms with E-state index < -0.39 is 10.0 Å². The van der Waals surface area contributed by atoms with Gasteiger partial charge in [-0.3, -0.25) is 0 Å². The SMILES string of the molecule is CC(=NNS(=O)(=O)c1ccc(C)cc1)c1ccccc1C. The molecule has 0 radical (unpaired) electrons. The van der Waals surface area contributed by atoms with E-state index in [1.165, 1.54) is 0 Å². The van der Waals surface area contributed by atoms with Gasteiger partial charge in [0.2, 0.25) is 0 Å². The summed E-state index contributed by atoms with van der Waals surface area (Å²) in [5, 5.41) is 4.00. The molecule has 0 bridgehead atoms. The first-order valence-electron chi connectivity index (χ1n) is 6.59. The molecule has 0 saturated heterocycles. The summed E-state index contributed by atoms with van der Waals surface area (Å²) in [6.45, 7) is 5.65. The Bertz CT molecular complexity index is 763. The predicted molar refractivity (Wildman–Crippen MR) is 84.9 cm³/mol. The van der Waals surface area contributed by atoms with Crippen molar-refractivity contribution in [2.24, 2.45) is 5.10 Å².